The summed E-state index contributed by atoms with van der Waals surface area (Å²) in [5.74, 6) is 0.497. The van der Waals surface area contributed by atoms with Crippen LogP contribution in [0.4, 0.5) is 4.39 Å². The molecule has 15 heavy (non-hydrogen) atoms. The Labute approximate surface area is 98.8 Å². The zero-order valence-electron chi connectivity index (χ0n) is 8.07. The highest BCUT2D eigenvalue weighted by molar-refractivity contribution is 8.13. The molecular formula is C10H12ClFN2S. The average Bonchev–Trinajstić information content (AvgIpc) is 2.69. The van der Waals surface area contributed by atoms with Crippen LogP contribution in [0.1, 0.15) is 5.56 Å². The van der Waals surface area contributed by atoms with Crippen molar-refractivity contribution in [1.29, 1.82) is 0 Å². The van der Waals surface area contributed by atoms with Crippen LogP contribution in [0.3, 0.4) is 0 Å². The molecule has 0 atom stereocenters. The van der Waals surface area contributed by atoms with Gasteiger partial charge < -0.3 is 5.32 Å². The molecule has 0 aromatic heterocycles. The Kier molecular flexibility index (Phi) is 4.91. The van der Waals surface area contributed by atoms with E-state index in [1.54, 1.807) is 23.9 Å². The van der Waals surface area contributed by atoms with Gasteiger partial charge in [-0.3, -0.25) is 4.99 Å². The molecule has 2 nitrogen and oxygen atoms in total. The van der Waals surface area contributed by atoms with Crippen LogP contribution in [-0.4, -0.2) is 18.3 Å². The lowest BCUT2D eigenvalue weighted by Gasteiger charge is -2.02. The van der Waals surface area contributed by atoms with Crippen molar-refractivity contribution in [3.8, 4) is 0 Å². The molecule has 0 unspecified atom stereocenters. The van der Waals surface area contributed by atoms with Crippen molar-refractivity contribution in [3.05, 3.63) is 35.6 Å². The predicted octanol–water partition coefficient (Wildman–Crippen LogP) is 2.44. The van der Waals surface area contributed by atoms with Crippen LogP contribution in [-0.2, 0) is 5.75 Å². The number of nitrogens with zero attached hydrogens (tertiary/aromatic N) is 1. The number of benzene rings is 1. The first-order valence-corrected chi connectivity index (χ1v) is 5.49. The fraction of sp³-hybridized carbons (Fsp3) is 0.300. The second-order valence-corrected chi connectivity index (χ2v) is 3.96. The molecule has 0 fully saturated rings. The lowest BCUT2D eigenvalue weighted by Crippen LogP contribution is -2.15. The summed E-state index contributed by atoms with van der Waals surface area (Å²) in [6, 6.07) is 6.84. The highest BCUT2D eigenvalue weighted by Gasteiger charge is 2.07. The molecule has 1 N–H and O–H groups in total. The van der Waals surface area contributed by atoms with Gasteiger partial charge in [0, 0.05) is 12.3 Å². The van der Waals surface area contributed by atoms with E-state index in [2.05, 4.69) is 10.3 Å². The van der Waals surface area contributed by atoms with Crippen molar-refractivity contribution in [2.45, 2.75) is 5.75 Å². The molecule has 82 valence electrons. The van der Waals surface area contributed by atoms with Crippen LogP contribution in [0.15, 0.2) is 29.3 Å². The van der Waals surface area contributed by atoms with Gasteiger partial charge >= 0.3 is 0 Å². The van der Waals surface area contributed by atoms with Gasteiger partial charge in [-0.1, -0.05) is 30.0 Å². The monoisotopic (exact) mass is 246 g/mol. The quantitative estimate of drug-likeness (QED) is 0.867. The number of nitrogens with one attached hydrogen (secondary N) is 1. The van der Waals surface area contributed by atoms with E-state index in [-0.39, 0.29) is 18.2 Å². The summed E-state index contributed by atoms with van der Waals surface area (Å²) >= 11 is 1.55. The van der Waals surface area contributed by atoms with Crippen LogP contribution >= 0.6 is 24.2 Å². The number of hydrogen-bond acceptors (Lipinski definition) is 3. The molecular weight excluding hydrogens is 235 g/mol. The van der Waals surface area contributed by atoms with Gasteiger partial charge in [0.15, 0.2) is 5.17 Å². The van der Waals surface area contributed by atoms with Crippen molar-refractivity contribution < 1.29 is 4.39 Å². The van der Waals surface area contributed by atoms with Crippen molar-refractivity contribution in [1.82, 2.24) is 5.32 Å². The zero-order valence-corrected chi connectivity index (χ0v) is 9.71. The summed E-state index contributed by atoms with van der Waals surface area (Å²) in [6.07, 6.45) is 0. The summed E-state index contributed by atoms with van der Waals surface area (Å²) < 4.78 is 13.2. The first kappa shape index (κ1) is 12.3. The predicted molar refractivity (Wildman–Crippen MR) is 65.2 cm³/mol. The van der Waals surface area contributed by atoms with Crippen LogP contribution in [0.2, 0.25) is 0 Å². The SMILES string of the molecule is Cl.Fc1ccccc1CSC1=NCCN1. The molecule has 0 amide bonds. The molecule has 0 bridgehead atoms. The van der Waals surface area contributed by atoms with E-state index >= 15 is 0 Å². The minimum atomic E-state index is -0.140. The topological polar surface area (TPSA) is 24.4 Å². The molecule has 2 rings (SSSR count). The van der Waals surface area contributed by atoms with Gasteiger partial charge in [0.25, 0.3) is 0 Å². The van der Waals surface area contributed by atoms with Gasteiger partial charge in [-0.2, -0.15) is 0 Å². The maximum atomic E-state index is 13.2. The summed E-state index contributed by atoms with van der Waals surface area (Å²) in [6.45, 7) is 1.74. The third kappa shape index (κ3) is 3.39. The average molecular weight is 247 g/mol. The first-order chi connectivity index (χ1) is 6.86. The van der Waals surface area contributed by atoms with Gasteiger partial charge in [-0.05, 0) is 11.6 Å². The van der Waals surface area contributed by atoms with Crippen LogP contribution < -0.4 is 5.32 Å². The van der Waals surface area contributed by atoms with Gasteiger partial charge in [0.2, 0.25) is 0 Å². The van der Waals surface area contributed by atoms with Crippen molar-refractivity contribution in [2.24, 2.45) is 4.99 Å². The van der Waals surface area contributed by atoms with E-state index in [9.17, 15) is 4.39 Å². The third-order valence-corrected chi connectivity index (χ3v) is 2.97. The Hall–Kier alpha value is -0.740. The summed E-state index contributed by atoms with van der Waals surface area (Å²) in [4.78, 5) is 4.23. The molecule has 0 aliphatic carbocycles. The number of amidine groups is 1. The smallest absolute Gasteiger partial charge is 0.157 e. The Balaban J connectivity index is 0.00000112. The minimum absolute atomic E-state index is 0. The maximum Gasteiger partial charge on any atom is 0.157 e. The molecule has 0 spiro atoms. The summed E-state index contributed by atoms with van der Waals surface area (Å²) in [5, 5.41) is 4.06. The van der Waals surface area contributed by atoms with E-state index < -0.39 is 0 Å². The molecule has 1 aliphatic rings. The standard InChI is InChI=1S/C10H11FN2S.ClH/c11-9-4-2-1-3-8(9)7-14-10-12-5-6-13-10;/h1-4H,5-7H2,(H,12,13);1H. The number of rotatable bonds is 2. The fourth-order valence-electron chi connectivity index (χ4n) is 1.23. The molecule has 1 aliphatic heterocycles. The molecule has 1 aromatic rings. The first-order valence-electron chi connectivity index (χ1n) is 4.51. The highest BCUT2D eigenvalue weighted by atomic mass is 35.5. The van der Waals surface area contributed by atoms with Crippen molar-refractivity contribution >= 4 is 29.3 Å². The molecule has 0 radical (unpaired) electrons. The fourth-order valence-corrected chi connectivity index (χ4v) is 2.15. The van der Waals surface area contributed by atoms with Crippen molar-refractivity contribution in [2.75, 3.05) is 13.1 Å². The third-order valence-electron chi connectivity index (χ3n) is 1.97. The molecule has 1 aromatic carbocycles. The molecule has 0 saturated carbocycles. The van der Waals surface area contributed by atoms with Gasteiger partial charge in [0.1, 0.15) is 5.82 Å². The van der Waals surface area contributed by atoms with Gasteiger partial charge in [-0.25, -0.2) is 4.39 Å². The largest absolute Gasteiger partial charge is 0.363 e. The van der Waals surface area contributed by atoms with E-state index in [1.807, 2.05) is 6.07 Å². The molecule has 1 heterocycles. The maximum absolute atomic E-state index is 13.2. The number of aliphatic imine (C=N–C) groups is 1. The summed E-state index contributed by atoms with van der Waals surface area (Å²) in [7, 11) is 0. The van der Waals surface area contributed by atoms with Crippen molar-refractivity contribution in [3.63, 3.8) is 0 Å². The van der Waals surface area contributed by atoms with E-state index in [0.717, 1.165) is 23.8 Å². The summed E-state index contributed by atoms with van der Waals surface area (Å²) in [5.41, 5.74) is 0.730. The van der Waals surface area contributed by atoms with Gasteiger partial charge in [0.05, 0.1) is 6.54 Å². The van der Waals surface area contributed by atoms with Crippen LogP contribution in [0.5, 0.6) is 0 Å². The number of thioether (sulfide) groups is 1. The zero-order chi connectivity index (χ0) is 9.80. The second-order valence-electron chi connectivity index (χ2n) is 2.99. The normalized spacial score (nSPS) is 14.1. The Bertz CT molecular complexity index is 357. The second kappa shape index (κ2) is 5.98. The minimum Gasteiger partial charge on any atom is -0.363 e. The molecule has 5 heteroatoms. The molecule has 0 saturated heterocycles. The Morgan fingerprint density at radius 2 is 2.20 bits per heavy atom. The van der Waals surface area contributed by atoms with Crippen LogP contribution in [0.25, 0.3) is 0 Å². The van der Waals surface area contributed by atoms with E-state index in [0.29, 0.717) is 5.75 Å². The van der Waals surface area contributed by atoms with Gasteiger partial charge in [-0.15, -0.1) is 12.4 Å². The lowest BCUT2D eigenvalue weighted by molar-refractivity contribution is 0.617. The van der Waals surface area contributed by atoms with Crippen LogP contribution in [0, 0.1) is 5.82 Å². The highest BCUT2D eigenvalue weighted by Crippen LogP contribution is 2.16. The Morgan fingerprint density at radius 1 is 1.40 bits per heavy atom. The number of halogens is 2. The number of hydrogen-bond donors (Lipinski definition) is 1. The Morgan fingerprint density at radius 3 is 2.87 bits per heavy atom. The lowest BCUT2D eigenvalue weighted by atomic mass is 10.2. The van der Waals surface area contributed by atoms with E-state index in [4.69, 9.17) is 0 Å². The van der Waals surface area contributed by atoms with E-state index in [1.165, 1.54) is 6.07 Å².